The fraction of sp³-hybridized carbons (Fsp3) is 0.0556. The molecule has 0 aliphatic rings. The highest BCUT2D eigenvalue weighted by Gasteiger charge is 2.14. The molecule has 2 heterocycles. The molecule has 1 aromatic carbocycles. The number of carbonyl (C=O) groups excluding carboxylic acids is 1. The van der Waals surface area contributed by atoms with Gasteiger partial charge in [0.25, 0.3) is 11.6 Å². The normalized spacial score (nSPS) is 10.9. The topological polar surface area (TPSA) is 111 Å². The summed E-state index contributed by atoms with van der Waals surface area (Å²) in [6, 6.07) is 10.6. The van der Waals surface area contributed by atoms with Gasteiger partial charge in [0.2, 0.25) is 0 Å². The standard InChI is InChI=1S/C18H13ClN4O4/c1-11-2-3-12(9-20-11)18(24)22-21-10-14-5-7-17(27-14)15-8-13(23(25)26)4-6-16(15)19/h2-10H,1H3,(H,22,24). The van der Waals surface area contributed by atoms with E-state index in [9.17, 15) is 14.9 Å². The van der Waals surface area contributed by atoms with Gasteiger partial charge >= 0.3 is 0 Å². The number of halogens is 1. The summed E-state index contributed by atoms with van der Waals surface area (Å²) in [5, 5.41) is 15.1. The number of pyridine rings is 1. The molecule has 0 aliphatic carbocycles. The molecular weight excluding hydrogens is 372 g/mol. The van der Waals surface area contributed by atoms with Crippen LogP contribution in [0.25, 0.3) is 11.3 Å². The van der Waals surface area contributed by atoms with Gasteiger partial charge in [0.15, 0.2) is 0 Å². The highest BCUT2D eigenvalue weighted by molar-refractivity contribution is 6.33. The van der Waals surface area contributed by atoms with E-state index in [1.165, 1.54) is 30.6 Å². The highest BCUT2D eigenvalue weighted by Crippen LogP contribution is 2.32. The molecule has 136 valence electrons. The first-order valence-corrected chi connectivity index (χ1v) is 8.12. The summed E-state index contributed by atoms with van der Waals surface area (Å²) in [5.41, 5.74) is 3.84. The van der Waals surface area contributed by atoms with Crippen LogP contribution in [-0.4, -0.2) is 22.0 Å². The van der Waals surface area contributed by atoms with Crippen LogP contribution in [0.15, 0.2) is 58.2 Å². The Kier molecular flexibility index (Phi) is 5.28. The van der Waals surface area contributed by atoms with Crippen LogP contribution in [0.1, 0.15) is 21.8 Å². The van der Waals surface area contributed by atoms with Crippen LogP contribution in [0.3, 0.4) is 0 Å². The summed E-state index contributed by atoms with van der Waals surface area (Å²) in [4.78, 5) is 26.4. The number of carbonyl (C=O) groups is 1. The minimum atomic E-state index is -0.513. The number of nitro groups is 1. The number of amides is 1. The second-order valence-electron chi connectivity index (χ2n) is 5.51. The minimum absolute atomic E-state index is 0.0972. The molecule has 0 bridgehead atoms. The lowest BCUT2D eigenvalue weighted by Crippen LogP contribution is -2.17. The number of nitrogens with zero attached hydrogens (tertiary/aromatic N) is 3. The summed E-state index contributed by atoms with van der Waals surface area (Å²) in [7, 11) is 0. The number of aryl methyl sites for hydroxylation is 1. The number of non-ortho nitro benzene ring substituents is 1. The zero-order valence-electron chi connectivity index (χ0n) is 14.0. The van der Waals surface area contributed by atoms with E-state index >= 15 is 0 Å². The molecule has 8 nitrogen and oxygen atoms in total. The number of rotatable bonds is 5. The molecule has 1 amide bonds. The molecule has 0 unspecified atom stereocenters. The number of furan rings is 1. The van der Waals surface area contributed by atoms with E-state index in [2.05, 4.69) is 15.5 Å². The minimum Gasteiger partial charge on any atom is -0.455 e. The molecule has 0 fully saturated rings. The van der Waals surface area contributed by atoms with Gasteiger partial charge in [0.05, 0.1) is 21.7 Å². The largest absolute Gasteiger partial charge is 0.455 e. The molecule has 9 heteroatoms. The molecule has 0 atom stereocenters. The van der Waals surface area contributed by atoms with Crippen LogP contribution in [-0.2, 0) is 0 Å². The number of benzene rings is 1. The van der Waals surface area contributed by atoms with Gasteiger partial charge in [-0.1, -0.05) is 11.6 Å². The van der Waals surface area contributed by atoms with E-state index in [4.69, 9.17) is 16.0 Å². The summed E-state index contributed by atoms with van der Waals surface area (Å²) in [6.45, 7) is 1.82. The van der Waals surface area contributed by atoms with Crippen LogP contribution in [0.4, 0.5) is 5.69 Å². The van der Waals surface area contributed by atoms with Crippen molar-refractivity contribution in [1.82, 2.24) is 10.4 Å². The Morgan fingerprint density at radius 2 is 2.11 bits per heavy atom. The maximum absolute atomic E-state index is 11.9. The number of hydrazone groups is 1. The van der Waals surface area contributed by atoms with Crippen LogP contribution in [0.2, 0.25) is 5.02 Å². The molecule has 0 aliphatic heterocycles. The van der Waals surface area contributed by atoms with Gasteiger partial charge in [-0.25, -0.2) is 5.43 Å². The lowest BCUT2D eigenvalue weighted by Gasteiger charge is -2.00. The van der Waals surface area contributed by atoms with Crippen LogP contribution in [0.5, 0.6) is 0 Å². The smallest absolute Gasteiger partial charge is 0.272 e. The molecular formula is C18H13ClN4O4. The molecule has 0 radical (unpaired) electrons. The predicted octanol–water partition coefficient (Wildman–Crippen LogP) is 3.98. The Labute approximate surface area is 158 Å². The zero-order valence-corrected chi connectivity index (χ0v) is 14.8. The van der Waals surface area contributed by atoms with Crippen LogP contribution >= 0.6 is 11.6 Å². The number of nitro benzene ring substituents is 1. The fourth-order valence-electron chi connectivity index (χ4n) is 2.20. The third kappa shape index (κ3) is 4.36. The van der Waals surface area contributed by atoms with Crippen molar-refractivity contribution in [2.45, 2.75) is 6.92 Å². The number of hydrogen-bond acceptors (Lipinski definition) is 6. The average molecular weight is 385 g/mol. The molecule has 0 spiro atoms. The van der Waals surface area contributed by atoms with E-state index in [-0.39, 0.29) is 5.69 Å². The van der Waals surface area contributed by atoms with E-state index in [0.717, 1.165) is 5.69 Å². The van der Waals surface area contributed by atoms with Crippen molar-refractivity contribution in [3.05, 3.63) is 80.8 Å². The monoisotopic (exact) mass is 384 g/mol. The van der Waals surface area contributed by atoms with Crippen molar-refractivity contribution >= 4 is 29.4 Å². The predicted molar refractivity (Wildman–Crippen MR) is 99.8 cm³/mol. The van der Waals surface area contributed by atoms with Crippen molar-refractivity contribution < 1.29 is 14.1 Å². The fourth-order valence-corrected chi connectivity index (χ4v) is 2.41. The summed E-state index contributed by atoms with van der Waals surface area (Å²) < 4.78 is 5.57. The van der Waals surface area contributed by atoms with E-state index in [0.29, 0.717) is 27.7 Å². The third-order valence-corrected chi connectivity index (χ3v) is 3.91. The van der Waals surface area contributed by atoms with Gasteiger partial charge in [-0.05, 0) is 37.3 Å². The summed E-state index contributed by atoms with van der Waals surface area (Å²) >= 11 is 6.09. The van der Waals surface area contributed by atoms with Crippen molar-refractivity contribution in [3.8, 4) is 11.3 Å². The molecule has 3 rings (SSSR count). The average Bonchev–Trinajstić information content (AvgIpc) is 3.11. The van der Waals surface area contributed by atoms with Gasteiger partial charge in [-0.2, -0.15) is 5.10 Å². The van der Waals surface area contributed by atoms with Gasteiger partial charge in [0, 0.05) is 29.6 Å². The van der Waals surface area contributed by atoms with E-state index < -0.39 is 10.8 Å². The quantitative estimate of drug-likeness (QED) is 0.406. The zero-order chi connectivity index (χ0) is 19.4. The first-order valence-electron chi connectivity index (χ1n) is 7.74. The van der Waals surface area contributed by atoms with Crippen molar-refractivity contribution in [2.24, 2.45) is 5.10 Å². The molecule has 0 saturated carbocycles. The Morgan fingerprint density at radius 3 is 2.81 bits per heavy atom. The van der Waals surface area contributed by atoms with Gasteiger partial charge in [0.1, 0.15) is 11.5 Å². The molecule has 1 N–H and O–H groups in total. The van der Waals surface area contributed by atoms with Crippen molar-refractivity contribution in [3.63, 3.8) is 0 Å². The van der Waals surface area contributed by atoms with Gasteiger partial charge in [-0.15, -0.1) is 0 Å². The molecule has 3 aromatic rings. The lowest BCUT2D eigenvalue weighted by atomic mass is 10.1. The lowest BCUT2D eigenvalue weighted by molar-refractivity contribution is -0.384. The van der Waals surface area contributed by atoms with Gasteiger partial charge in [-0.3, -0.25) is 19.9 Å². The first kappa shape index (κ1) is 18.3. The Morgan fingerprint density at radius 1 is 1.30 bits per heavy atom. The number of hydrogen-bond donors (Lipinski definition) is 1. The second-order valence-corrected chi connectivity index (χ2v) is 5.92. The van der Waals surface area contributed by atoms with Crippen LogP contribution < -0.4 is 5.43 Å². The van der Waals surface area contributed by atoms with Crippen LogP contribution in [0, 0.1) is 17.0 Å². The maximum Gasteiger partial charge on any atom is 0.272 e. The Hall–Kier alpha value is -3.52. The highest BCUT2D eigenvalue weighted by atomic mass is 35.5. The maximum atomic E-state index is 11.9. The number of nitrogens with one attached hydrogen (secondary N) is 1. The third-order valence-electron chi connectivity index (χ3n) is 3.58. The molecule has 0 saturated heterocycles. The summed E-state index contributed by atoms with van der Waals surface area (Å²) in [5.74, 6) is 0.279. The molecule has 2 aromatic heterocycles. The van der Waals surface area contributed by atoms with E-state index in [1.807, 2.05) is 6.92 Å². The molecule has 27 heavy (non-hydrogen) atoms. The second kappa shape index (κ2) is 7.79. The van der Waals surface area contributed by atoms with E-state index in [1.54, 1.807) is 24.3 Å². The number of aromatic nitrogens is 1. The van der Waals surface area contributed by atoms with Crippen molar-refractivity contribution in [2.75, 3.05) is 0 Å². The van der Waals surface area contributed by atoms with Crippen molar-refractivity contribution in [1.29, 1.82) is 0 Å². The Balaban J connectivity index is 1.72. The summed E-state index contributed by atoms with van der Waals surface area (Å²) in [6.07, 6.45) is 2.77. The Bertz CT molecular complexity index is 1030. The first-order chi connectivity index (χ1) is 12.9. The SMILES string of the molecule is Cc1ccc(C(=O)NN=Cc2ccc(-c3cc([N+](=O)[O-])ccc3Cl)o2)cn1. The van der Waals surface area contributed by atoms with Gasteiger partial charge < -0.3 is 4.42 Å².